The first-order valence-electron chi connectivity index (χ1n) is 5.53. The Morgan fingerprint density at radius 2 is 2.06 bits per heavy atom. The lowest BCUT2D eigenvalue weighted by molar-refractivity contribution is 0.568. The van der Waals surface area contributed by atoms with Crippen LogP contribution in [-0.2, 0) is 0 Å². The molecule has 0 radical (unpaired) electrons. The van der Waals surface area contributed by atoms with E-state index >= 15 is 0 Å². The zero-order chi connectivity index (χ0) is 11.0. The first kappa shape index (κ1) is 9.77. The zero-order valence-electron chi connectivity index (χ0n) is 8.86. The van der Waals surface area contributed by atoms with Crippen LogP contribution in [0.4, 0.5) is 5.95 Å². The van der Waals surface area contributed by atoms with Crippen LogP contribution in [0.15, 0.2) is 6.33 Å². The normalized spacial score (nSPS) is 16.9. The quantitative estimate of drug-likeness (QED) is 0.742. The molecule has 3 rings (SSSR count). The summed E-state index contributed by atoms with van der Waals surface area (Å²) < 4.78 is 0.590. The van der Waals surface area contributed by atoms with Gasteiger partial charge in [-0.3, -0.25) is 0 Å². The van der Waals surface area contributed by atoms with Crippen LogP contribution in [0.3, 0.4) is 0 Å². The molecule has 0 spiro atoms. The summed E-state index contributed by atoms with van der Waals surface area (Å²) in [5.74, 6) is 0.851. The minimum atomic E-state index is 0.590. The van der Waals surface area contributed by atoms with Crippen molar-refractivity contribution in [2.45, 2.75) is 19.3 Å². The highest BCUT2D eigenvalue weighted by molar-refractivity contribution is 7.71. The second-order valence-corrected chi connectivity index (χ2v) is 4.43. The maximum atomic E-state index is 5.24. The number of nitrogens with zero attached hydrogens (tertiary/aromatic N) is 3. The molecule has 2 aromatic heterocycles. The highest BCUT2D eigenvalue weighted by Crippen LogP contribution is 2.17. The predicted octanol–water partition coefficient (Wildman–Crippen LogP) is 2.01. The highest BCUT2D eigenvalue weighted by Gasteiger charge is 2.14. The summed E-state index contributed by atoms with van der Waals surface area (Å²) in [7, 11) is 0. The van der Waals surface area contributed by atoms with Gasteiger partial charge in [0.15, 0.2) is 10.3 Å². The van der Waals surface area contributed by atoms with Gasteiger partial charge in [0.25, 0.3) is 0 Å². The fourth-order valence-electron chi connectivity index (χ4n) is 2.09. The van der Waals surface area contributed by atoms with E-state index in [1.165, 1.54) is 19.3 Å². The number of H-pyrrole nitrogens is 2. The van der Waals surface area contributed by atoms with Crippen LogP contribution in [0.5, 0.6) is 0 Å². The predicted molar refractivity (Wildman–Crippen MR) is 65.1 cm³/mol. The number of hydrogen-bond donors (Lipinski definition) is 2. The van der Waals surface area contributed by atoms with Crippen molar-refractivity contribution < 1.29 is 0 Å². The summed E-state index contributed by atoms with van der Waals surface area (Å²) in [6.07, 6.45) is 5.39. The molecule has 6 heteroatoms. The molecule has 1 saturated heterocycles. The van der Waals surface area contributed by atoms with Crippen LogP contribution in [0, 0.1) is 4.64 Å². The number of imidazole rings is 1. The smallest absolute Gasteiger partial charge is 0.205 e. The van der Waals surface area contributed by atoms with Crippen molar-refractivity contribution in [1.82, 2.24) is 19.9 Å². The molecule has 0 amide bonds. The molecule has 3 heterocycles. The Kier molecular flexibility index (Phi) is 2.36. The number of fused-ring (bicyclic) bond motifs is 1. The number of aromatic nitrogens is 4. The van der Waals surface area contributed by atoms with Gasteiger partial charge in [-0.2, -0.15) is 0 Å². The first-order chi connectivity index (χ1) is 7.84. The number of rotatable bonds is 1. The highest BCUT2D eigenvalue weighted by atomic mass is 32.1. The lowest BCUT2D eigenvalue weighted by atomic mass is 10.1. The van der Waals surface area contributed by atoms with Crippen LogP contribution in [0.2, 0.25) is 0 Å². The van der Waals surface area contributed by atoms with Gasteiger partial charge in [0, 0.05) is 13.1 Å². The molecule has 16 heavy (non-hydrogen) atoms. The molecule has 5 nitrogen and oxygen atoms in total. The summed E-state index contributed by atoms with van der Waals surface area (Å²) in [6, 6.07) is 0. The molecular weight excluding hydrogens is 222 g/mol. The Morgan fingerprint density at radius 1 is 1.25 bits per heavy atom. The van der Waals surface area contributed by atoms with Gasteiger partial charge in [-0.1, -0.05) is 12.2 Å². The lowest BCUT2D eigenvalue weighted by Crippen LogP contribution is -2.31. The summed E-state index contributed by atoms with van der Waals surface area (Å²) in [4.78, 5) is 17.1. The van der Waals surface area contributed by atoms with E-state index in [1.807, 2.05) is 0 Å². The van der Waals surface area contributed by atoms with E-state index in [1.54, 1.807) is 6.33 Å². The third-order valence-electron chi connectivity index (χ3n) is 2.95. The van der Waals surface area contributed by atoms with Crippen molar-refractivity contribution in [2.24, 2.45) is 0 Å². The average Bonchev–Trinajstić information content (AvgIpc) is 2.79. The lowest BCUT2D eigenvalue weighted by Gasteiger charge is -2.26. The SMILES string of the molecule is S=c1nc(N2CCCCC2)[nH]c2nc[nH]c12. The molecule has 84 valence electrons. The maximum Gasteiger partial charge on any atom is 0.205 e. The molecule has 2 N–H and O–H groups in total. The number of hydrogen-bond acceptors (Lipinski definition) is 4. The molecule has 0 aromatic carbocycles. The topological polar surface area (TPSA) is 60.6 Å². The Hall–Kier alpha value is -1.43. The fourth-order valence-corrected chi connectivity index (χ4v) is 2.34. The van der Waals surface area contributed by atoms with Crippen molar-refractivity contribution in [3.8, 4) is 0 Å². The van der Waals surface area contributed by atoms with Crippen molar-refractivity contribution in [2.75, 3.05) is 18.0 Å². The summed E-state index contributed by atoms with van der Waals surface area (Å²) in [5.41, 5.74) is 1.61. The van der Waals surface area contributed by atoms with Gasteiger partial charge in [0.2, 0.25) is 5.95 Å². The second-order valence-electron chi connectivity index (χ2n) is 4.04. The molecule has 0 unspecified atom stereocenters. The molecule has 0 saturated carbocycles. The Balaban J connectivity index is 2.06. The third kappa shape index (κ3) is 1.59. The number of anilines is 1. The standard InChI is InChI=1S/C10H13N5S/c16-9-7-8(12-6-11-7)13-10(14-9)15-4-2-1-3-5-15/h6H,1-5H2,(H2,11,12,13,14,16). The fraction of sp³-hybridized carbons (Fsp3) is 0.500. The maximum absolute atomic E-state index is 5.24. The molecule has 0 atom stereocenters. The third-order valence-corrected chi connectivity index (χ3v) is 3.24. The van der Waals surface area contributed by atoms with E-state index < -0.39 is 0 Å². The molecule has 1 fully saturated rings. The van der Waals surface area contributed by atoms with Crippen molar-refractivity contribution >= 4 is 29.3 Å². The van der Waals surface area contributed by atoms with Crippen molar-refractivity contribution in [1.29, 1.82) is 0 Å². The van der Waals surface area contributed by atoms with Crippen molar-refractivity contribution in [3.05, 3.63) is 11.0 Å². The molecule has 1 aliphatic rings. The van der Waals surface area contributed by atoms with Crippen molar-refractivity contribution in [3.63, 3.8) is 0 Å². The van der Waals surface area contributed by atoms with E-state index in [4.69, 9.17) is 12.2 Å². The minimum Gasteiger partial charge on any atom is -0.342 e. The number of piperidine rings is 1. The molecule has 0 aliphatic carbocycles. The van der Waals surface area contributed by atoms with Crippen LogP contribution in [-0.4, -0.2) is 33.0 Å². The van der Waals surface area contributed by atoms with Gasteiger partial charge < -0.3 is 14.9 Å². The van der Waals surface area contributed by atoms with Gasteiger partial charge in [0.05, 0.1) is 6.33 Å². The van der Waals surface area contributed by atoms with Crippen LogP contribution in [0.25, 0.3) is 11.2 Å². The van der Waals surface area contributed by atoms with Crippen LogP contribution >= 0.6 is 12.2 Å². The minimum absolute atomic E-state index is 0.590. The van der Waals surface area contributed by atoms with Crippen LogP contribution < -0.4 is 4.90 Å². The average molecular weight is 235 g/mol. The van der Waals surface area contributed by atoms with Gasteiger partial charge in [-0.15, -0.1) is 0 Å². The van der Waals surface area contributed by atoms with Gasteiger partial charge in [-0.05, 0) is 19.3 Å². The van der Waals surface area contributed by atoms with Crippen LogP contribution in [0.1, 0.15) is 19.3 Å². The van der Waals surface area contributed by atoms with E-state index in [2.05, 4.69) is 24.8 Å². The second kappa shape index (κ2) is 3.86. The Bertz CT molecular complexity index is 552. The Morgan fingerprint density at radius 3 is 2.88 bits per heavy atom. The summed E-state index contributed by atoms with van der Waals surface area (Å²) in [6.45, 7) is 2.10. The van der Waals surface area contributed by atoms with Gasteiger partial charge >= 0.3 is 0 Å². The zero-order valence-corrected chi connectivity index (χ0v) is 9.68. The number of nitrogens with one attached hydrogen (secondary N) is 2. The largest absolute Gasteiger partial charge is 0.342 e. The van der Waals surface area contributed by atoms with Gasteiger partial charge in [-0.25, -0.2) is 9.97 Å². The molecule has 0 bridgehead atoms. The van der Waals surface area contributed by atoms with E-state index in [0.29, 0.717) is 4.64 Å². The summed E-state index contributed by atoms with van der Waals surface area (Å²) >= 11 is 5.24. The number of aromatic amines is 2. The molecular formula is C10H13N5S. The first-order valence-corrected chi connectivity index (χ1v) is 5.94. The monoisotopic (exact) mass is 235 g/mol. The van der Waals surface area contributed by atoms with E-state index in [0.717, 1.165) is 30.2 Å². The van der Waals surface area contributed by atoms with E-state index in [-0.39, 0.29) is 0 Å². The molecule has 1 aliphatic heterocycles. The Labute approximate surface area is 97.9 Å². The summed E-state index contributed by atoms with van der Waals surface area (Å²) in [5, 5.41) is 0. The molecule has 2 aromatic rings. The van der Waals surface area contributed by atoms with Gasteiger partial charge in [0.1, 0.15) is 5.52 Å². The van der Waals surface area contributed by atoms with E-state index in [9.17, 15) is 0 Å².